The molecule has 0 unspecified atom stereocenters. The fraction of sp³-hybridized carbons (Fsp3) is 1.00. The molecule has 0 aromatic carbocycles. The fourth-order valence-corrected chi connectivity index (χ4v) is 3.27. The van der Waals surface area contributed by atoms with Gasteiger partial charge in [0.05, 0.1) is 32.6 Å². The van der Waals surface area contributed by atoms with E-state index in [1.807, 2.05) is 13.8 Å². The summed E-state index contributed by atoms with van der Waals surface area (Å²) in [5, 5.41) is 3.29. The monoisotopic (exact) mass is 265 g/mol. The summed E-state index contributed by atoms with van der Waals surface area (Å²) in [6, 6.07) is 0. The lowest BCUT2D eigenvalue weighted by Gasteiger charge is -2.38. The van der Waals surface area contributed by atoms with E-state index in [2.05, 4.69) is 12.2 Å². The third kappa shape index (κ3) is 5.06. The van der Waals surface area contributed by atoms with Crippen molar-refractivity contribution in [3.05, 3.63) is 0 Å². The van der Waals surface area contributed by atoms with Gasteiger partial charge in [0.2, 0.25) is 0 Å². The topological polar surface area (TPSA) is 56.8 Å². The van der Waals surface area contributed by atoms with Crippen LogP contribution in [0.4, 0.5) is 0 Å². The van der Waals surface area contributed by atoms with Crippen molar-refractivity contribution in [3.8, 4) is 0 Å². The Morgan fingerprint density at radius 1 is 1.29 bits per heavy atom. The van der Waals surface area contributed by atoms with Crippen molar-refractivity contribution in [2.75, 3.05) is 45.7 Å². The molecule has 0 atom stereocenters. The summed E-state index contributed by atoms with van der Waals surface area (Å²) in [5.74, 6) is 0. The molecule has 0 bridgehead atoms. The number of hydrogen-bond donors (Lipinski definition) is 1. The minimum atomic E-state index is -2.89. The predicted molar refractivity (Wildman–Crippen MR) is 67.5 cm³/mol. The minimum absolute atomic E-state index is 0.237. The van der Waals surface area contributed by atoms with Crippen molar-refractivity contribution >= 4 is 7.60 Å². The molecule has 0 aliphatic carbocycles. The fourth-order valence-electron chi connectivity index (χ4n) is 1.72. The van der Waals surface area contributed by atoms with E-state index in [0.717, 1.165) is 19.8 Å². The van der Waals surface area contributed by atoms with E-state index in [0.29, 0.717) is 25.9 Å². The van der Waals surface area contributed by atoms with Gasteiger partial charge in [-0.05, 0) is 13.8 Å². The summed E-state index contributed by atoms with van der Waals surface area (Å²) in [6.45, 7) is 9.79. The molecule has 0 aromatic rings. The first-order valence-electron chi connectivity index (χ1n) is 6.20. The van der Waals surface area contributed by atoms with Crippen LogP contribution in [-0.2, 0) is 18.3 Å². The van der Waals surface area contributed by atoms with Crippen molar-refractivity contribution in [2.45, 2.75) is 20.8 Å². The van der Waals surface area contributed by atoms with Gasteiger partial charge in [0.15, 0.2) is 0 Å². The maximum Gasteiger partial charge on any atom is 0.331 e. The molecular formula is C11H24NO4P. The molecule has 1 fully saturated rings. The summed E-state index contributed by atoms with van der Waals surface area (Å²) < 4.78 is 27.7. The molecule has 5 nitrogen and oxygen atoms in total. The summed E-state index contributed by atoms with van der Waals surface area (Å²) in [7, 11) is -2.89. The Balaban J connectivity index is 2.20. The Hall–Kier alpha value is 0.0700. The summed E-state index contributed by atoms with van der Waals surface area (Å²) in [6.07, 6.45) is 0.422. The first kappa shape index (κ1) is 15.1. The molecule has 17 heavy (non-hydrogen) atoms. The third-order valence-electron chi connectivity index (χ3n) is 2.67. The number of nitrogens with one attached hydrogen (secondary N) is 1. The van der Waals surface area contributed by atoms with E-state index >= 15 is 0 Å². The predicted octanol–water partition coefficient (Wildman–Crippen LogP) is 1.88. The average Bonchev–Trinajstić information content (AvgIpc) is 2.23. The molecule has 1 aliphatic rings. The van der Waals surface area contributed by atoms with E-state index in [-0.39, 0.29) is 5.41 Å². The quantitative estimate of drug-likeness (QED) is 0.509. The van der Waals surface area contributed by atoms with Gasteiger partial charge in [-0.15, -0.1) is 0 Å². The van der Waals surface area contributed by atoms with Crippen LogP contribution < -0.4 is 5.32 Å². The van der Waals surface area contributed by atoms with Gasteiger partial charge >= 0.3 is 7.60 Å². The maximum absolute atomic E-state index is 12.1. The van der Waals surface area contributed by atoms with Gasteiger partial charge in [-0.3, -0.25) is 4.57 Å². The van der Waals surface area contributed by atoms with Crippen molar-refractivity contribution in [1.82, 2.24) is 5.32 Å². The Morgan fingerprint density at radius 2 is 1.88 bits per heavy atom. The largest absolute Gasteiger partial charge is 0.380 e. The Kier molecular flexibility index (Phi) is 6.10. The van der Waals surface area contributed by atoms with E-state index in [1.54, 1.807) is 0 Å². The van der Waals surface area contributed by atoms with Crippen LogP contribution in [-0.4, -0.2) is 45.7 Å². The smallest absolute Gasteiger partial charge is 0.331 e. The van der Waals surface area contributed by atoms with Gasteiger partial charge in [-0.2, -0.15) is 0 Å². The van der Waals surface area contributed by atoms with E-state index in [1.165, 1.54) is 0 Å². The second-order valence-electron chi connectivity index (χ2n) is 4.65. The maximum atomic E-state index is 12.1. The first-order chi connectivity index (χ1) is 8.04. The van der Waals surface area contributed by atoms with Crippen LogP contribution in [0.15, 0.2) is 0 Å². The molecule has 0 spiro atoms. The van der Waals surface area contributed by atoms with Gasteiger partial charge in [0, 0.05) is 18.5 Å². The molecule has 6 heteroatoms. The highest BCUT2D eigenvalue weighted by Crippen LogP contribution is 2.47. The van der Waals surface area contributed by atoms with Crippen molar-refractivity contribution in [3.63, 3.8) is 0 Å². The molecule has 1 rings (SSSR count). The first-order valence-corrected chi connectivity index (χ1v) is 7.93. The molecule has 0 amide bonds. The molecule has 0 radical (unpaired) electrons. The normalized spacial score (nSPS) is 19.0. The molecule has 1 heterocycles. The van der Waals surface area contributed by atoms with Crippen molar-refractivity contribution in [1.29, 1.82) is 0 Å². The standard InChI is InChI=1S/C11H24NO4P/c1-4-15-17(13,16-5-2)7-6-12-8-11(3)9-14-10-11/h12H,4-10H2,1-3H3. The number of hydrogen-bond acceptors (Lipinski definition) is 5. The van der Waals surface area contributed by atoms with Crippen molar-refractivity contribution < 1.29 is 18.3 Å². The van der Waals surface area contributed by atoms with E-state index in [9.17, 15) is 4.57 Å². The van der Waals surface area contributed by atoms with Gasteiger partial charge in [-0.1, -0.05) is 6.92 Å². The second-order valence-corrected chi connectivity index (χ2v) is 6.84. The molecule has 1 saturated heterocycles. The lowest BCUT2D eigenvalue weighted by Crippen LogP contribution is -2.47. The number of rotatable bonds is 9. The summed E-state index contributed by atoms with van der Waals surface area (Å²) >= 11 is 0. The van der Waals surface area contributed by atoms with Gasteiger partial charge in [0.25, 0.3) is 0 Å². The van der Waals surface area contributed by atoms with Gasteiger partial charge in [-0.25, -0.2) is 0 Å². The summed E-state index contributed by atoms with van der Waals surface area (Å²) in [5.41, 5.74) is 0.237. The minimum Gasteiger partial charge on any atom is -0.380 e. The zero-order valence-electron chi connectivity index (χ0n) is 11.0. The van der Waals surface area contributed by atoms with Crippen LogP contribution in [0.5, 0.6) is 0 Å². The van der Waals surface area contributed by atoms with Crippen LogP contribution >= 0.6 is 7.60 Å². The van der Waals surface area contributed by atoms with Crippen LogP contribution in [0.1, 0.15) is 20.8 Å². The Labute approximate surface area is 104 Å². The molecule has 1 N–H and O–H groups in total. The summed E-state index contributed by atoms with van der Waals surface area (Å²) in [4.78, 5) is 0. The number of ether oxygens (including phenoxy) is 1. The van der Waals surface area contributed by atoms with E-state index in [4.69, 9.17) is 13.8 Å². The van der Waals surface area contributed by atoms with Crippen molar-refractivity contribution in [2.24, 2.45) is 5.41 Å². The Morgan fingerprint density at radius 3 is 2.29 bits per heavy atom. The van der Waals surface area contributed by atoms with Gasteiger partial charge < -0.3 is 19.1 Å². The SMILES string of the molecule is CCOP(=O)(CCNCC1(C)COC1)OCC. The molecular weight excluding hydrogens is 241 g/mol. The highest BCUT2D eigenvalue weighted by Gasteiger charge is 2.33. The lowest BCUT2D eigenvalue weighted by molar-refractivity contribution is -0.0987. The molecule has 0 saturated carbocycles. The third-order valence-corrected chi connectivity index (χ3v) is 4.74. The van der Waals surface area contributed by atoms with Crippen LogP contribution in [0, 0.1) is 5.41 Å². The van der Waals surface area contributed by atoms with E-state index < -0.39 is 7.60 Å². The zero-order valence-corrected chi connectivity index (χ0v) is 11.9. The second kappa shape index (κ2) is 6.86. The van der Waals surface area contributed by atoms with Crippen LogP contribution in [0.25, 0.3) is 0 Å². The van der Waals surface area contributed by atoms with Crippen LogP contribution in [0.2, 0.25) is 0 Å². The highest BCUT2D eigenvalue weighted by atomic mass is 31.2. The molecule has 102 valence electrons. The Bertz CT molecular complexity index is 258. The average molecular weight is 265 g/mol. The lowest BCUT2D eigenvalue weighted by atomic mass is 9.89. The zero-order chi connectivity index (χ0) is 12.8. The molecule has 0 aromatic heterocycles. The van der Waals surface area contributed by atoms with Gasteiger partial charge in [0.1, 0.15) is 0 Å². The molecule has 1 aliphatic heterocycles. The highest BCUT2D eigenvalue weighted by molar-refractivity contribution is 7.53. The van der Waals surface area contributed by atoms with Crippen LogP contribution in [0.3, 0.4) is 0 Å².